The van der Waals surface area contributed by atoms with Crippen LogP contribution in [0, 0.1) is 0 Å². The molecule has 0 N–H and O–H groups in total. The van der Waals surface area contributed by atoms with Gasteiger partial charge in [0.2, 0.25) is 0 Å². The summed E-state index contributed by atoms with van der Waals surface area (Å²) in [4.78, 5) is 24.4. The Morgan fingerprint density at radius 3 is 2.71 bits per heavy atom. The van der Waals surface area contributed by atoms with Crippen LogP contribution in [-0.4, -0.2) is 23.6 Å². The van der Waals surface area contributed by atoms with E-state index in [-0.39, 0.29) is 0 Å². The lowest BCUT2D eigenvalue weighted by atomic mass is 9.85. The first-order valence-electron chi connectivity index (χ1n) is 6.61. The first-order valence-corrected chi connectivity index (χ1v) is 6.61. The summed E-state index contributed by atoms with van der Waals surface area (Å²) in [6, 6.07) is 8.82. The summed E-state index contributed by atoms with van der Waals surface area (Å²) in [5.74, 6) is -1.48. The molecule has 108 valence electrons. The molecule has 5 heteroatoms. The van der Waals surface area contributed by atoms with E-state index in [1.54, 1.807) is 24.3 Å². The molecule has 2 aromatic rings. The van der Waals surface area contributed by atoms with Crippen molar-refractivity contribution in [1.82, 2.24) is 4.57 Å². The number of esters is 2. The lowest BCUT2D eigenvalue weighted by Crippen LogP contribution is -2.31. The zero-order chi connectivity index (χ0) is 15.0. The summed E-state index contributed by atoms with van der Waals surface area (Å²) in [7, 11) is 3.21. The number of hydrogen-bond acceptors (Lipinski definition) is 4. The van der Waals surface area contributed by atoms with E-state index in [0.717, 1.165) is 5.56 Å². The normalized spacial score (nSPS) is 20.6. The standard InChI is InChI=1S/C16H15NO4/c1-17-8-7-10(9-17)14-13(16(19)20-2)11-5-3-4-6-12(11)15(18)21-14/h3-9,13-14H,1-2H3/t13-,14-/m0/s1. The number of aryl methyl sites for hydroxylation is 1. The van der Waals surface area contributed by atoms with Crippen LogP contribution in [0.1, 0.15) is 33.5 Å². The number of benzene rings is 1. The number of carbonyl (C=O) groups excluding carboxylic acids is 2. The van der Waals surface area contributed by atoms with Crippen LogP contribution in [0.3, 0.4) is 0 Å². The van der Waals surface area contributed by atoms with Crippen molar-refractivity contribution in [3.63, 3.8) is 0 Å². The van der Waals surface area contributed by atoms with Crippen molar-refractivity contribution in [2.45, 2.75) is 12.0 Å². The highest BCUT2D eigenvalue weighted by Crippen LogP contribution is 2.41. The van der Waals surface area contributed by atoms with Crippen molar-refractivity contribution in [2.75, 3.05) is 7.11 Å². The molecule has 0 saturated heterocycles. The molecule has 0 fully saturated rings. The molecule has 2 atom stereocenters. The van der Waals surface area contributed by atoms with Crippen LogP contribution in [0.15, 0.2) is 42.7 Å². The van der Waals surface area contributed by atoms with Gasteiger partial charge in [0.15, 0.2) is 0 Å². The highest BCUT2D eigenvalue weighted by molar-refractivity contribution is 5.96. The van der Waals surface area contributed by atoms with Crippen LogP contribution < -0.4 is 0 Å². The fraction of sp³-hybridized carbons (Fsp3) is 0.250. The van der Waals surface area contributed by atoms with E-state index in [4.69, 9.17) is 9.47 Å². The second-order valence-corrected chi connectivity index (χ2v) is 5.02. The Hall–Kier alpha value is -2.56. The molecule has 1 aromatic carbocycles. The predicted molar refractivity (Wildman–Crippen MR) is 74.8 cm³/mol. The average molecular weight is 285 g/mol. The molecule has 5 nitrogen and oxygen atoms in total. The number of methoxy groups -OCH3 is 1. The molecule has 0 amide bonds. The fourth-order valence-corrected chi connectivity index (χ4v) is 2.70. The van der Waals surface area contributed by atoms with Gasteiger partial charge in [-0.05, 0) is 17.7 Å². The van der Waals surface area contributed by atoms with E-state index < -0.39 is 24.0 Å². The van der Waals surface area contributed by atoms with E-state index in [2.05, 4.69) is 0 Å². The maximum Gasteiger partial charge on any atom is 0.339 e. The van der Waals surface area contributed by atoms with Gasteiger partial charge < -0.3 is 14.0 Å². The highest BCUT2D eigenvalue weighted by atomic mass is 16.6. The van der Waals surface area contributed by atoms with Crippen LogP contribution in [-0.2, 0) is 21.3 Å². The van der Waals surface area contributed by atoms with Crippen LogP contribution >= 0.6 is 0 Å². The van der Waals surface area contributed by atoms with Gasteiger partial charge in [0, 0.05) is 25.0 Å². The van der Waals surface area contributed by atoms with Gasteiger partial charge in [0.1, 0.15) is 12.0 Å². The lowest BCUT2D eigenvalue weighted by molar-refractivity contribution is -0.146. The molecule has 0 spiro atoms. The monoisotopic (exact) mass is 285 g/mol. The molecule has 2 heterocycles. The first kappa shape index (κ1) is 13.4. The molecule has 0 saturated carbocycles. The number of rotatable bonds is 2. The van der Waals surface area contributed by atoms with Gasteiger partial charge in [0.25, 0.3) is 0 Å². The van der Waals surface area contributed by atoms with E-state index in [1.165, 1.54) is 7.11 Å². The molecule has 1 aliphatic rings. The summed E-state index contributed by atoms with van der Waals surface area (Å²) >= 11 is 0. The third-order valence-electron chi connectivity index (χ3n) is 3.69. The van der Waals surface area contributed by atoms with Gasteiger partial charge in [-0.25, -0.2) is 4.79 Å². The Balaban J connectivity index is 2.13. The van der Waals surface area contributed by atoms with Crippen molar-refractivity contribution in [3.05, 3.63) is 59.4 Å². The molecule has 0 radical (unpaired) electrons. The van der Waals surface area contributed by atoms with Gasteiger partial charge in [-0.2, -0.15) is 0 Å². The van der Waals surface area contributed by atoms with Crippen LogP contribution in [0.25, 0.3) is 0 Å². The smallest absolute Gasteiger partial charge is 0.339 e. The zero-order valence-corrected chi connectivity index (χ0v) is 11.8. The Morgan fingerprint density at radius 1 is 1.29 bits per heavy atom. The zero-order valence-electron chi connectivity index (χ0n) is 11.8. The summed E-state index contributed by atoms with van der Waals surface area (Å²) in [6.07, 6.45) is 3.01. The van der Waals surface area contributed by atoms with Crippen molar-refractivity contribution >= 4 is 11.9 Å². The summed E-state index contributed by atoms with van der Waals surface area (Å²) in [5, 5.41) is 0. The second kappa shape index (κ2) is 5.09. The lowest BCUT2D eigenvalue weighted by Gasteiger charge is -2.30. The van der Waals surface area contributed by atoms with Gasteiger partial charge in [-0.1, -0.05) is 18.2 Å². The SMILES string of the molecule is COC(=O)[C@H]1c2ccccc2C(=O)O[C@H]1c1ccn(C)c1. The molecule has 3 rings (SSSR count). The van der Waals surface area contributed by atoms with Crippen molar-refractivity contribution < 1.29 is 19.1 Å². The third kappa shape index (κ3) is 2.20. The number of ether oxygens (including phenoxy) is 2. The van der Waals surface area contributed by atoms with E-state index in [0.29, 0.717) is 11.1 Å². The Morgan fingerprint density at radius 2 is 2.05 bits per heavy atom. The largest absolute Gasteiger partial charge is 0.468 e. The van der Waals surface area contributed by atoms with E-state index in [1.807, 2.05) is 30.1 Å². The molecule has 0 aliphatic carbocycles. The average Bonchev–Trinajstić information content (AvgIpc) is 2.93. The number of carbonyl (C=O) groups is 2. The van der Waals surface area contributed by atoms with Crippen LogP contribution in [0.4, 0.5) is 0 Å². The number of fused-ring (bicyclic) bond motifs is 1. The number of hydrogen-bond donors (Lipinski definition) is 0. The maximum atomic E-state index is 12.2. The van der Waals surface area contributed by atoms with Crippen LogP contribution in [0.5, 0.6) is 0 Å². The summed E-state index contributed by atoms with van der Waals surface area (Å²) < 4.78 is 12.2. The topological polar surface area (TPSA) is 57.5 Å². The fourth-order valence-electron chi connectivity index (χ4n) is 2.70. The quantitative estimate of drug-likeness (QED) is 0.794. The van der Waals surface area contributed by atoms with Crippen LogP contribution in [0.2, 0.25) is 0 Å². The van der Waals surface area contributed by atoms with Crippen molar-refractivity contribution in [1.29, 1.82) is 0 Å². The second-order valence-electron chi connectivity index (χ2n) is 5.02. The molecule has 1 aromatic heterocycles. The number of aromatic nitrogens is 1. The first-order chi connectivity index (χ1) is 10.1. The number of nitrogens with zero attached hydrogens (tertiary/aromatic N) is 1. The Bertz CT molecular complexity index is 704. The third-order valence-corrected chi connectivity index (χ3v) is 3.69. The van der Waals surface area contributed by atoms with E-state index >= 15 is 0 Å². The minimum Gasteiger partial charge on any atom is -0.468 e. The predicted octanol–water partition coefficient (Wildman–Crippen LogP) is 2.19. The van der Waals surface area contributed by atoms with Gasteiger partial charge >= 0.3 is 11.9 Å². The minimum atomic E-state index is -0.666. The molecule has 21 heavy (non-hydrogen) atoms. The maximum absolute atomic E-state index is 12.2. The molecular formula is C16H15NO4. The van der Waals surface area contributed by atoms with E-state index in [9.17, 15) is 9.59 Å². The van der Waals surface area contributed by atoms with Gasteiger partial charge in [0.05, 0.1) is 12.7 Å². The number of cyclic esters (lactones) is 1. The van der Waals surface area contributed by atoms with Crippen molar-refractivity contribution in [2.24, 2.45) is 7.05 Å². The molecular weight excluding hydrogens is 270 g/mol. The molecule has 0 bridgehead atoms. The molecule has 1 aliphatic heterocycles. The van der Waals surface area contributed by atoms with Gasteiger partial charge in [-0.15, -0.1) is 0 Å². The highest BCUT2D eigenvalue weighted by Gasteiger charge is 2.41. The summed E-state index contributed by atoms with van der Waals surface area (Å²) in [6.45, 7) is 0. The molecule has 0 unspecified atom stereocenters. The summed E-state index contributed by atoms with van der Waals surface area (Å²) in [5.41, 5.74) is 1.84. The Kier molecular flexibility index (Phi) is 3.25. The Labute approximate surface area is 122 Å². The van der Waals surface area contributed by atoms with Crippen molar-refractivity contribution in [3.8, 4) is 0 Å². The minimum absolute atomic E-state index is 0.413. The van der Waals surface area contributed by atoms with Gasteiger partial charge in [-0.3, -0.25) is 4.79 Å².